The van der Waals surface area contributed by atoms with E-state index >= 15 is 0 Å². The Kier molecular flexibility index (Phi) is 3.83. The first-order valence-electron chi connectivity index (χ1n) is 5.90. The molecule has 0 amide bonds. The van der Waals surface area contributed by atoms with E-state index in [0.717, 1.165) is 12.1 Å². The van der Waals surface area contributed by atoms with Gasteiger partial charge in [-0.25, -0.2) is 0 Å². The number of ketones is 1. The Morgan fingerprint density at radius 2 is 1.65 bits per heavy atom. The molecule has 0 N–H and O–H groups in total. The second kappa shape index (κ2) is 5.40. The van der Waals surface area contributed by atoms with Crippen LogP contribution in [0, 0.1) is 0 Å². The van der Waals surface area contributed by atoms with Crippen LogP contribution >= 0.6 is 0 Å². The molecule has 0 saturated heterocycles. The zero-order valence-corrected chi connectivity index (χ0v) is 10.6. The van der Waals surface area contributed by atoms with Crippen molar-refractivity contribution >= 4 is 18.2 Å². The molecule has 0 spiro atoms. The number of rotatable bonds is 4. The number of hydrogen-bond donors (Lipinski definition) is 0. The van der Waals surface area contributed by atoms with Crippen LogP contribution in [0.3, 0.4) is 0 Å². The summed E-state index contributed by atoms with van der Waals surface area (Å²) >= 11 is 0. The van der Waals surface area contributed by atoms with Crippen molar-refractivity contribution in [1.29, 1.82) is 0 Å². The Morgan fingerprint density at radius 1 is 1.00 bits per heavy atom. The summed E-state index contributed by atoms with van der Waals surface area (Å²) in [6, 6.07) is 10.7. The van der Waals surface area contributed by atoms with Crippen molar-refractivity contribution in [2.75, 3.05) is 7.11 Å². The van der Waals surface area contributed by atoms with Crippen molar-refractivity contribution in [3.05, 3.63) is 59.7 Å². The molecular formula is C14H11BF3O2-. The zero-order chi connectivity index (χ0) is 14.8. The molecule has 0 unspecified atom stereocenters. The summed E-state index contributed by atoms with van der Waals surface area (Å²) in [6.07, 6.45) is 0. The van der Waals surface area contributed by atoms with Crippen molar-refractivity contribution in [3.63, 3.8) is 0 Å². The third-order valence-electron chi connectivity index (χ3n) is 2.88. The molecule has 2 nitrogen and oxygen atoms in total. The van der Waals surface area contributed by atoms with Crippen molar-refractivity contribution < 1.29 is 22.5 Å². The van der Waals surface area contributed by atoms with E-state index in [1.54, 1.807) is 12.1 Å². The van der Waals surface area contributed by atoms with E-state index in [1.807, 2.05) is 0 Å². The lowest BCUT2D eigenvalue weighted by molar-refractivity contribution is 0.103. The predicted molar refractivity (Wildman–Crippen MR) is 71.6 cm³/mol. The Morgan fingerprint density at radius 3 is 2.20 bits per heavy atom. The van der Waals surface area contributed by atoms with Gasteiger partial charge in [0.25, 0.3) is 0 Å². The largest absolute Gasteiger partial charge is 0.509 e. The van der Waals surface area contributed by atoms with Gasteiger partial charge in [-0.3, -0.25) is 4.79 Å². The maximum Gasteiger partial charge on any atom is 0.509 e. The Balaban J connectivity index is 2.33. The van der Waals surface area contributed by atoms with E-state index in [1.165, 1.54) is 31.4 Å². The number of carbonyl (C=O) groups is 1. The van der Waals surface area contributed by atoms with Crippen LogP contribution in [0.15, 0.2) is 48.5 Å². The monoisotopic (exact) mass is 279 g/mol. The molecule has 0 saturated carbocycles. The molecule has 0 aliphatic carbocycles. The molecule has 0 radical (unpaired) electrons. The molecule has 104 valence electrons. The maximum absolute atomic E-state index is 12.7. The zero-order valence-electron chi connectivity index (χ0n) is 10.6. The average Bonchev–Trinajstić information content (AvgIpc) is 2.46. The van der Waals surface area contributed by atoms with Crippen LogP contribution in [0.25, 0.3) is 0 Å². The number of hydrogen-bond acceptors (Lipinski definition) is 2. The van der Waals surface area contributed by atoms with Crippen molar-refractivity contribution in [3.8, 4) is 5.75 Å². The summed E-state index contributed by atoms with van der Waals surface area (Å²) in [4.78, 5) is 12.1. The Bertz CT molecular complexity index is 621. The van der Waals surface area contributed by atoms with Crippen molar-refractivity contribution in [2.45, 2.75) is 0 Å². The molecule has 0 bridgehead atoms. The molecule has 6 heteroatoms. The van der Waals surface area contributed by atoms with Crippen LogP contribution in [0.1, 0.15) is 15.9 Å². The van der Waals surface area contributed by atoms with Gasteiger partial charge in [-0.2, -0.15) is 0 Å². The van der Waals surface area contributed by atoms with Gasteiger partial charge in [0.1, 0.15) is 5.75 Å². The van der Waals surface area contributed by atoms with Gasteiger partial charge >= 0.3 is 6.98 Å². The fourth-order valence-corrected chi connectivity index (χ4v) is 1.79. The molecule has 0 aliphatic rings. The van der Waals surface area contributed by atoms with Crippen LogP contribution in [0.4, 0.5) is 12.9 Å². The predicted octanol–water partition coefficient (Wildman–Crippen LogP) is 2.98. The van der Waals surface area contributed by atoms with E-state index in [-0.39, 0.29) is 5.56 Å². The lowest BCUT2D eigenvalue weighted by atomic mass is 9.79. The van der Waals surface area contributed by atoms with E-state index in [0.29, 0.717) is 11.3 Å². The van der Waals surface area contributed by atoms with Gasteiger partial charge in [-0.15, -0.1) is 5.46 Å². The number of ether oxygens (including phenoxy) is 1. The second-order valence-corrected chi connectivity index (χ2v) is 4.26. The highest BCUT2D eigenvalue weighted by molar-refractivity contribution is 6.73. The third-order valence-corrected chi connectivity index (χ3v) is 2.88. The minimum atomic E-state index is -5.11. The summed E-state index contributed by atoms with van der Waals surface area (Å²) in [6.45, 7) is -5.11. The SMILES string of the molecule is COc1ccc(C(=O)c2cccc([B-](F)(F)F)c2)cc1. The maximum atomic E-state index is 12.7. The topological polar surface area (TPSA) is 26.3 Å². The lowest BCUT2D eigenvalue weighted by Crippen LogP contribution is -2.34. The van der Waals surface area contributed by atoms with Gasteiger partial charge in [-0.05, 0) is 24.3 Å². The fourth-order valence-electron chi connectivity index (χ4n) is 1.79. The average molecular weight is 279 g/mol. The van der Waals surface area contributed by atoms with Crippen LogP contribution in [0.2, 0.25) is 0 Å². The van der Waals surface area contributed by atoms with E-state index in [2.05, 4.69) is 0 Å². The smallest absolute Gasteiger partial charge is 0.497 e. The minimum Gasteiger partial charge on any atom is -0.497 e. The van der Waals surface area contributed by atoms with Crippen LogP contribution in [-0.2, 0) is 0 Å². The first-order chi connectivity index (χ1) is 9.41. The fraction of sp³-hybridized carbons (Fsp3) is 0.0714. The van der Waals surface area contributed by atoms with Crippen LogP contribution < -0.4 is 10.2 Å². The number of carbonyl (C=O) groups excluding carboxylic acids is 1. The van der Waals surface area contributed by atoms with Crippen LogP contribution in [0.5, 0.6) is 5.75 Å². The highest BCUT2D eigenvalue weighted by atomic mass is 19.4. The molecule has 20 heavy (non-hydrogen) atoms. The third kappa shape index (κ3) is 3.01. The molecule has 0 aliphatic heterocycles. The highest BCUT2D eigenvalue weighted by Gasteiger charge is 2.26. The summed E-state index contributed by atoms with van der Waals surface area (Å²) in [5.74, 6) is 0.128. The normalized spacial score (nSPS) is 11.2. The molecule has 0 heterocycles. The molecule has 0 aromatic heterocycles. The number of benzene rings is 2. The van der Waals surface area contributed by atoms with E-state index < -0.39 is 18.2 Å². The lowest BCUT2D eigenvalue weighted by Gasteiger charge is -2.15. The Labute approximate surface area is 114 Å². The van der Waals surface area contributed by atoms with Gasteiger partial charge in [0.05, 0.1) is 7.11 Å². The molecule has 2 aromatic carbocycles. The first-order valence-corrected chi connectivity index (χ1v) is 5.90. The Hall–Kier alpha value is -2.24. The van der Waals surface area contributed by atoms with Gasteiger partial charge in [0.2, 0.25) is 0 Å². The second-order valence-electron chi connectivity index (χ2n) is 4.26. The minimum absolute atomic E-state index is 0.0202. The molecule has 0 fully saturated rings. The van der Waals surface area contributed by atoms with Gasteiger partial charge in [0, 0.05) is 11.1 Å². The molecular weight excluding hydrogens is 268 g/mol. The van der Waals surface area contributed by atoms with Gasteiger partial charge < -0.3 is 17.7 Å². The number of halogens is 3. The van der Waals surface area contributed by atoms with E-state index in [9.17, 15) is 17.7 Å². The molecule has 2 aromatic rings. The summed E-state index contributed by atoms with van der Waals surface area (Å²) < 4.78 is 43.0. The quantitative estimate of drug-likeness (QED) is 0.635. The highest BCUT2D eigenvalue weighted by Crippen LogP contribution is 2.16. The molecule has 2 rings (SSSR count). The van der Waals surface area contributed by atoms with Crippen molar-refractivity contribution in [2.24, 2.45) is 0 Å². The summed E-state index contributed by atoms with van der Waals surface area (Å²) in [7, 11) is 1.49. The van der Waals surface area contributed by atoms with Gasteiger partial charge in [0.15, 0.2) is 5.78 Å². The van der Waals surface area contributed by atoms with E-state index in [4.69, 9.17) is 4.74 Å². The first kappa shape index (κ1) is 14.2. The molecule has 0 atom stereocenters. The van der Waals surface area contributed by atoms with Gasteiger partial charge in [-0.1, -0.05) is 24.3 Å². The summed E-state index contributed by atoms with van der Waals surface area (Å²) in [5.41, 5.74) is -0.436. The number of methoxy groups -OCH3 is 1. The van der Waals surface area contributed by atoms with Crippen LogP contribution in [-0.4, -0.2) is 19.9 Å². The van der Waals surface area contributed by atoms with Crippen molar-refractivity contribution in [1.82, 2.24) is 0 Å². The summed E-state index contributed by atoms with van der Waals surface area (Å²) in [5, 5.41) is 0. The standard InChI is InChI=1S/C14H11BF3O2/c1-20-13-7-5-10(6-8-13)14(19)11-3-2-4-12(9-11)15(16,17)18/h2-9H,1H3/q-1.